The maximum Gasteiger partial charge on any atom is 0.208 e. The van der Waals surface area contributed by atoms with Crippen molar-refractivity contribution in [3.63, 3.8) is 0 Å². The predicted octanol–water partition coefficient (Wildman–Crippen LogP) is 2.14. The molecule has 6 heteroatoms. The fourth-order valence-electron chi connectivity index (χ4n) is 2.31. The summed E-state index contributed by atoms with van der Waals surface area (Å²) in [6.45, 7) is 0. The quantitative estimate of drug-likeness (QED) is 0.934. The van der Waals surface area contributed by atoms with E-state index in [1.807, 2.05) is 24.3 Å². The Balaban J connectivity index is 1.75. The average molecular weight is 290 g/mol. The van der Waals surface area contributed by atoms with Crippen LogP contribution < -0.4 is 15.4 Å². The van der Waals surface area contributed by atoms with Crippen LogP contribution in [-0.4, -0.2) is 36.4 Å². The van der Waals surface area contributed by atoms with E-state index in [9.17, 15) is 0 Å². The van der Waals surface area contributed by atoms with Gasteiger partial charge < -0.3 is 15.4 Å². The molecule has 2 aromatic rings. The molecule has 0 unspecified atom stereocenters. The zero-order chi connectivity index (χ0) is 14.1. The number of hydrogen-bond acceptors (Lipinski definition) is 6. The first-order valence-corrected chi connectivity index (χ1v) is 7.45. The van der Waals surface area contributed by atoms with Crippen LogP contribution in [0.4, 0.5) is 5.13 Å². The monoisotopic (exact) mass is 290 g/mol. The Bertz CT molecular complexity index is 577. The second-order valence-corrected chi connectivity index (χ2v) is 6.07. The van der Waals surface area contributed by atoms with Crippen molar-refractivity contribution in [2.24, 2.45) is 5.73 Å². The van der Waals surface area contributed by atoms with Crippen molar-refractivity contribution in [1.29, 1.82) is 0 Å². The highest BCUT2D eigenvalue weighted by molar-refractivity contribution is 7.18. The average Bonchev–Trinajstić information content (AvgIpc) is 2.93. The minimum absolute atomic E-state index is 0.344. The van der Waals surface area contributed by atoms with Gasteiger partial charge in [-0.2, -0.15) is 0 Å². The Morgan fingerprint density at radius 3 is 2.55 bits per heavy atom. The SMILES string of the molecule is COc1ccc(-c2nnc(N(C)C3CC(N)C3)s2)cc1. The summed E-state index contributed by atoms with van der Waals surface area (Å²) in [7, 11) is 3.73. The molecule has 3 rings (SSSR count). The molecule has 0 bridgehead atoms. The summed E-state index contributed by atoms with van der Waals surface area (Å²) in [6.07, 6.45) is 2.07. The lowest BCUT2D eigenvalue weighted by atomic mass is 9.87. The molecule has 5 nitrogen and oxygen atoms in total. The third-order valence-corrected chi connectivity index (χ3v) is 4.81. The number of aromatic nitrogens is 2. The topological polar surface area (TPSA) is 64.3 Å². The second kappa shape index (κ2) is 5.38. The lowest BCUT2D eigenvalue weighted by Gasteiger charge is -2.38. The fraction of sp³-hybridized carbons (Fsp3) is 0.429. The number of benzene rings is 1. The van der Waals surface area contributed by atoms with E-state index in [0.717, 1.165) is 34.3 Å². The van der Waals surface area contributed by atoms with Gasteiger partial charge in [-0.15, -0.1) is 10.2 Å². The van der Waals surface area contributed by atoms with Crippen LogP contribution in [0, 0.1) is 0 Å². The number of nitrogens with zero attached hydrogens (tertiary/aromatic N) is 3. The van der Waals surface area contributed by atoms with Crippen LogP contribution in [0.2, 0.25) is 0 Å². The molecule has 0 saturated heterocycles. The summed E-state index contributed by atoms with van der Waals surface area (Å²) in [4.78, 5) is 2.19. The van der Waals surface area contributed by atoms with Gasteiger partial charge in [0.1, 0.15) is 10.8 Å². The summed E-state index contributed by atoms with van der Waals surface area (Å²) in [5, 5.41) is 10.4. The molecule has 1 aromatic carbocycles. The Morgan fingerprint density at radius 2 is 1.95 bits per heavy atom. The smallest absolute Gasteiger partial charge is 0.208 e. The predicted molar refractivity (Wildman–Crippen MR) is 81.3 cm³/mol. The highest BCUT2D eigenvalue weighted by Crippen LogP contribution is 2.33. The highest BCUT2D eigenvalue weighted by Gasteiger charge is 2.30. The minimum Gasteiger partial charge on any atom is -0.497 e. The highest BCUT2D eigenvalue weighted by atomic mass is 32.1. The van der Waals surface area contributed by atoms with Crippen LogP contribution in [0.25, 0.3) is 10.6 Å². The zero-order valence-electron chi connectivity index (χ0n) is 11.6. The summed E-state index contributed by atoms with van der Waals surface area (Å²) in [5.41, 5.74) is 6.90. The number of ether oxygens (including phenoxy) is 1. The van der Waals surface area contributed by atoms with Crippen molar-refractivity contribution in [2.75, 3.05) is 19.1 Å². The molecule has 106 valence electrons. The third kappa shape index (κ3) is 2.48. The van der Waals surface area contributed by atoms with E-state index < -0.39 is 0 Å². The largest absolute Gasteiger partial charge is 0.497 e. The Morgan fingerprint density at radius 1 is 1.25 bits per heavy atom. The van der Waals surface area contributed by atoms with Gasteiger partial charge in [0.15, 0.2) is 0 Å². The van der Waals surface area contributed by atoms with Crippen LogP contribution >= 0.6 is 11.3 Å². The van der Waals surface area contributed by atoms with Crippen molar-refractivity contribution in [1.82, 2.24) is 10.2 Å². The molecule has 1 aromatic heterocycles. The van der Waals surface area contributed by atoms with E-state index in [1.165, 1.54) is 0 Å². The standard InChI is InChI=1S/C14H18N4OS/c1-18(11-7-10(15)8-11)14-17-16-13(20-14)9-3-5-12(19-2)6-4-9/h3-6,10-11H,7-8,15H2,1-2H3. The van der Waals surface area contributed by atoms with Crippen LogP contribution in [0.15, 0.2) is 24.3 Å². The van der Waals surface area contributed by atoms with Crippen LogP contribution in [0.3, 0.4) is 0 Å². The molecule has 2 N–H and O–H groups in total. The summed E-state index contributed by atoms with van der Waals surface area (Å²) >= 11 is 1.61. The molecule has 1 aliphatic rings. The number of nitrogens with two attached hydrogens (primary N) is 1. The van der Waals surface area contributed by atoms with Gasteiger partial charge in [-0.1, -0.05) is 11.3 Å². The molecular weight excluding hydrogens is 272 g/mol. The van der Waals surface area contributed by atoms with Crippen molar-refractivity contribution in [2.45, 2.75) is 24.9 Å². The Kier molecular flexibility index (Phi) is 3.58. The molecule has 0 aliphatic heterocycles. The van der Waals surface area contributed by atoms with E-state index in [4.69, 9.17) is 10.5 Å². The minimum atomic E-state index is 0.344. The maximum atomic E-state index is 5.84. The maximum absolute atomic E-state index is 5.84. The number of methoxy groups -OCH3 is 1. The van der Waals surface area contributed by atoms with Crippen LogP contribution in [-0.2, 0) is 0 Å². The van der Waals surface area contributed by atoms with Crippen molar-refractivity contribution in [3.05, 3.63) is 24.3 Å². The second-order valence-electron chi connectivity index (χ2n) is 5.11. The third-order valence-electron chi connectivity index (χ3n) is 3.75. The molecule has 0 spiro atoms. The first-order chi connectivity index (χ1) is 9.67. The summed E-state index contributed by atoms with van der Waals surface area (Å²) < 4.78 is 5.16. The van der Waals surface area contributed by atoms with Crippen LogP contribution in [0.1, 0.15) is 12.8 Å². The Labute approximate surface area is 122 Å². The number of hydrogen-bond donors (Lipinski definition) is 1. The van der Waals surface area contributed by atoms with Gasteiger partial charge in [0, 0.05) is 24.7 Å². The molecular formula is C14H18N4OS. The van der Waals surface area contributed by atoms with E-state index in [2.05, 4.69) is 22.1 Å². The molecule has 0 atom stereocenters. The van der Waals surface area contributed by atoms with Gasteiger partial charge >= 0.3 is 0 Å². The van der Waals surface area contributed by atoms with E-state index >= 15 is 0 Å². The first-order valence-electron chi connectivity index (χ1n) is 6.63. The van der Waals surface area contributed by atoms with E-state index in [0.29, 0.717) is 12.1 Å². The van der Waals surface area contributed by atoms with Crippen molar-refractivity contribution < 1.29 is 4.74 Å². The molecule has 1 aliphatic carbocycles. The Hall–Kier alpha value is -1.66. The lowest BCUT2D eigenvalue weighted by Crippen LogP contribution is -2.49. The lowest BCUT2D eigenvalue weighted by molar-refractivity contribution is 0.339. The molecule has 1 saturated carbocycles. The van der Waals surface area contributed by atoms with Crippen molar-refractivity contribution >= 4 is 16.5 Å². The fourth-order valence-corrected chi connectivity index (χ4v) is 3.19. The molecule has 0 radical (unpaired) electrons. The normalized spacial score (nSPS) is 21.4. The van der Waals surface area contributed by atoms with E-state index in [-0.39, 0.29) is 0 Å². The first kappa shape index (κ1) is 13.3. The zero-order valence-corrected chi connectivity index (χ0v) is 12.4. The molecule has 20 heavy (non-hydrogen) atoms. The van der Waals surface area contributed by atoms with Gasteiger partial charge in [0.2, 0.25) is 5.13 Å². The molecule has 1 heterocycles. The van der Waals surface area contributed by atoms with Gasteiger partial charge in [0.25, 0.3) is 0 Å². The van der Waals surface area contributed by atoms with E-state index in [1.54, 1.807) is 18.4 Å². The van der Waals surface area contributed by atoms with Gasteiger partial charge in [0.05, 0.1) is 7.11 Å². The van der Waals surface area contributed by atoms with Gasteiger partial charge in [-0.3, -0.25) is 0 Å². The molecule has 1 fully saturated rings. The summed E-state index contributed by atoms with van der Waals surface area (Å²) in [5.74, 6) is 0.846. The number of rotatable bonds is 4. The molecule has 0 amide bonds. The van der Waals surface area contributed by atoms with Gasteiger partial charge in [-0.05, 0) is 37.1 Å². The summed E-state index contributed by atoms with van der Waals surface area (Å²) in [6, 6.07) is 8.72. The van der Waals surface area contributed by atoms with Crippen LogP contribution in [0.5, 0.6) is 5.75 Å². The van der Waals surface area contributed by atoms with Crippen molar-refractivity contribution in [3.8, 4) is 16.3 Å². The van der Waals surface area contributed by atoms with Gasteiger partial charge in [-0.25, -0.2) is 0 Å². The number of anilines is 1.